The minimum atomic E-state index is -0.239. The van der Waals surface area contributed by atoms with E-state index in [0.717, 1.165) is 37.3 Å². The Balaban J connectivity index is 1.68. The van der Waals surface area contributed by atoms with E-state index in [-0.39, 0.29) is 12.1 Å². The third-order valence-electron chi connectivity index (χ3n) is 4.81. The van der Waals surface area contributed by atoms with Gasteiger partial charge in [-0.2, -0.15) is 0 Å². The monoisotopic (exact) mass is 372 g/mol. The third kappa shape index (κ3) is 4.96. The summed E-state index contributed by atoms with van der Waals surface area (Å²) in [6.45, 7) is 3.92. The molecule has 0 saturated carbocycles. The third-order valence-corrected chi connectivity index (χ3v) is 5.06. The van der Waals surface area contributed by atoms with E-state index >= 15 is 0 Å². The molecular weight excluding hydrogens is 348 g/mol. The molecule has 2 aromatic rings. The summed E-state index contributed by atoms with van der Waals surface area (Å²) < 4.78 is 0. The van der Waals surface area contributed by atoms with Crippen LogP contribution in [-0.2, 0) is 0 Å². The quantitative estimate of drug-likeness (QED) is 0.843. The van der Waals surface area contributed by atoms with Gasteiger partial charge in [0.2, 0.25) is 0 Å². The van der Waals surface area contributed by atoms with Gasteiger partial charge in [-0.1, -0.05) is 23.7 Å². The standard InChI is InChI=1S/C20H25ClN4O/c1-24(14-15-25-12-2-3-13-25)20(26)23-19(17-8-10-22-11-9-17)16-4-6-18(21)7-5-16/h4-11,19H,2-3,12-15H2,1H3,(H,23,26)/t19-/m0/s1. The molecule has 1 aliphatic heterocycles. The molecule has 5 nitrogen and oxygen atoms in total. The van der Waals surface area contributed by atoms with Crippen molar-refractivity contribution in [3.8, 4) is 0 Å². The zero-order chi connectivity index (χ0) is 18.4. The first-order valence-electron chi connectivity index (χ1n) is 9.03. The average Bonchev–Trinajstić information content (AvgIpc) is 3.19. The molecule has 1 aliphatic rings. The Kier molecular flexibility index (Phi) is 6.47. The van der Waals surface area contributed by atoms with E-state index < -0.39 is 0 Å². The second kappa shape index (κ2) is 9.01. The molecule has 2 heterocycles. The molecule has 3 rings (SSSR count). The molecule has 138 valence electrons. The van der Waals surface area contributed by atoms with Crippen LogP contribution in [-0.4, -0.2) is 54.0 Å². The number of carbonyl (C=O) groups excluding carboxylic acids is 1. The fraction of sp³-hybridized carbons (Fsp3) is 0.400. The highest BCUT2D eigenvalue weighted by Crippen LogP contribution is 2.23. The summed E-state index contributed by atoms with van der Waals surface area (Å²) >= 11 is 6.01. The normalized spacial score (nSPS) is 15.6. The second-order valence-electron chi connectivity index (χ2n) is 6.68. The molecule has 6 heteroatoms. The molecule has 26 heavy (non-hydrogen) atoms. The Morgan fingerprint density at radius 1 is 1.15 bits per heavy atom. The molecule has 1 aromatic heterocycles. The van der Waals surface area contributed by atoms with Crippen LogP contribution in [0.4, 0.5) is 4.79 Å². The Morgan fingerprint density at radius 3 is 2.42 bits per heavy atom. The number of rotatable bonds is 6. The number of hydrogen-bond donors (Lipinski definition) is 1. The summed E-state index contributed by atoms with van der Waals surface area (Å²) in [5, 5.41) is 3.82. The van der Waals surface area contributed by atoms with E-state index in [4.69, 9.17) is 11.6 Å². The average molecular weight is 373 g/mol. The molecule has 1 aromatic carbocycles. The predicted octanol–water partition coefficient (Wildman–Crippen LogP) is 3.56. The number of hydrogen-bond acceptors (Lipinski definition) is 3. The van der Waals surface area contributed by atoms with Gasteiger partial charge < -0.3 is 15.1 Å². The van der Waals surface area contributed by atoms with Gasteiger partial charge in [0.25, 0.3) is 0 Å². The Hall–Kier alpha value is -2.11. The number of pyridine rings is 1. The lowest BCUT2D eigenvalue weighted by atomic mass is 10.00. The predicted molar refractivity (Wildman–Crippen MR) is 104 cm³/mol. The zero-order valence-corrected chi connectivity index (χ0v) is 15.8. The number of likely N-dealkylation sites (N-methyl/N-ethyl adjacent to an activating group) is 1. The van der Waals surface area contributed by atoms with Crippen molar-refractivity contribution < 1.29 is 4.79 Å². The first-order chi connectivity index (χ1) is 12.6. The van der Waals surface area contributed by atoms with E-state index in [0.29, 0.717) is 5.02 Å². The van der Waals surface area contributed by atoms with Gasteiger partial charge in [0.15, 0.2) is 0 Å². The molecule has 2 amide bonds. The van der Waals surface area contributed by atoms with Crippen LogP contribution >= 0.6 is 11.6 Å². The van der Waals surface area contributed by atoms with Crippen molar-refractivity contribution >= 4 is 17.6 Å². The lowest BCUT2D eigenvalue weighted by Crippen LogP contribution is -2.42. The minimum absolute atomic E-state index is 0.0824. The summed E-state index contributed by atoms with van der Waals surface area (Å²) in [7, 11) is 1.84. The first-order valence-corrected chi connectivity index (χ1v) is 9.40. The maximum Gasteiger partial charge on any atom is 0.317 e. The number of nitrogens with one attached hydrogen (secondary N) is 1. The number of urea groups is 1. The van der Waals surface area contributed by atoms with Gasteiger partial charge in [0.05, 0.1) is 6.04 Å². The molecule has 1 fully saturated rings. The summed E-state index contributed by atoms with van der Waals surface area (Å²) in [6, 6.07) is 11.1. The molecule has 1 saturated heterocycles. The molecule has 1 atom stereocenters. The van der Waals surface area contributed by atoms with E-state index in [1.54, 1.807) is 17.3 Å². The van der Waals surface area contributed by atoms with Gasteiger partial charge in [-0.3, -0.25) is 4.98 Å². The lowest BCUT2D eigenvalue weighted by Gasteiger charge is -2.26. The van der Waals surface area contributed by atoms with E-state index in [1.807, 2.05) is 43.4 Å². The highest BCUT2D eigenvalue weighted by molar-refractivity contribution is 6.30. The fourth-order valence-electron chi connectivity index (χ4n) is 3.20. The van der Waals surface area contributed by atoms with Gasteiger partial charge in [-0.25, -0.2) is 4.79 Å². The second-order valence-corrected chi connectivity index (χ2v) is 7.12. The minimum Gasteiger partial charge on any atom is -0.327 e. The number of aromatic nitrogens is 1. The number of benzene rings is 1. The summed E-state index contributed by atoms with van der Waals surface area (Å²) in [5.74, 6) is 0. The Labute approximate surface area is 160 Å². The van der Waals surface area contributed by atoms with Crippen LogP contribution in [0, 0.1) is 0 Å². The number of nitrogens with zero attached hydrogens (tertiary/aromatic N) is 3. The maximum absolute atomic E-state index is 12.7. The Bertz CT molecular complexity index is 702. The lowest BCUT2D eigenvalue weighted by molar-refractivity contribution is 0.198. The molecular formula is C20H25ClN4O. The van der Waals surface area contributed by atoms with Crippen LogP contribution in [0.25, 0.3) is 0 Å². The molecule has 0 aliphatic carbocycles. The van der Waals surface area contributed by atoms with Gasteiger partial charge in [0, 0.05) is 37.6 Å². The van der Waals surface area contributed by atoms with Crippen LogP contribution in [0.3, 0.4) is 0 Å². The molecule has 0 radical (unpaired) electrons. The summed E-state index contributed by atoms with van der Waals surface area (Å²) in [4.78, 5) is 21.0. The maximum atomic E-state index is 12.7. The zero-order valence-electron chi connectivity index (χ0n) is 15.1. The topological polar surface area (TPSA) is 48.5 Å². The van der Waals surface area contributed by atoms with Crippen molar-refractivity contribution in [2.24, 2.45) is 0 Å². The Morgan fingerprint density at radius 2 is 1.77 bits per heavy atom. The van der Waals surface area contributed by atoms with E-state index in [9.17, 15) is 4.79 Å². The van der Waals surface area contributed by atoms with E-state index in [1.165, 1.54) is 12.8 Å². The van der Waals surface area contributed by atoms with Crippen LogP contribution < -0.4 is 5.32 Å². The van der Waals surface area contributed by atoms with Crippen LogP contribution in [0.2, 0.25) is 5.02 Å². The van der Waals surface area contributed by atoms with Crippen LogP contribution in [0.15, 0.2) is 48.8 Å². The van der Waals surface area contributed by atoms with Gasteiger partial charge >= 0.3 is 6.03 Å². The highest BCUT2D eigenvalue weighted by Gasteiger charge is 2.20. The van der Waals surface area contributed by atoms with E-state index in [2.05, 4.69) is 15.2 Å². The SMILES string of the molecule is CN(CCN1CCCC1)C(=O)N[C@H](c1ccncc1)c1ccc(Cl)cc1. The smallest absolute Gasteiger partial charge is 0.317 e. The largest absolute Gasteiger partial charge is 0.327 e. The molecule has 0 spiro atoms. The van der Waals surface area contributed by atoms with Gasteiger partial charge in [-0.15, -0.1) is 0 Å². The number of carbonyl (C=O) groups is 1. The van der Waals surface area contributed by atoms with Crippen LogP contribution in [0.1, 0.15) is 30.0 Å². The van der Waals surface area contributed by atoms with Crippen molar-refractivity contribution in [1.29, 1.82) is 0 Å². The fourth-order valence-corrected chi connectivity index (χ4v) is 3.33. The van der Waals surface area contributed by atoms with Crippen molar-refractivity contribution in [3.63, 3.8) is 0 Å². The number of likely N-dealkylation sites (tertiary alicyclic amines) is 1. The summed E-state index contributed by atoms with van der Waals surface area (Å²) in [6.07, 6.45) is 6.00. The van der Waals surface area contributed by atoms with Gasteiger partial charge in [-0.05, 0) is 61.3 Å². The van der Waals surface area contributed by atoms with Crippen molar-refractivity contribution in [3.05, 3.63) is 64.9 Å². The van der Waals surface area contributed by atoms with Crippen molar-refractivity contribution in [2.45, 2.75) is 18.9 Å². The summed E-state index contributed by atoms with van der Waals surface area (Å²) in [5.41, 5.74) is 1.98. The van der Waals surface area contributed by atoms with Crippen molar-refractivity contribution in [1.82, 2.24) is 20.1 Å². The first kappa shape index (κ1) is 18.7. The van der Waals surface area contributed by atoms with Gasteiger partial charge in [0.1, 0.15) is 0 Å². The number of amides is 2. The molecule has 1 N–H and O–H groups in total. The molecule has 0 unspecified atom stereocenters. The van der Waals surface area contributed by atoms with Crippen molar-refractivity contribution in [2.75, 3.05) is 33.2 Å². The number of halogens is 1. The molecule has 0 bridgehead atoms. The highest BCUT2D eigenvalue weighted by atomic mass is 35.5. The van der Waals surface area contributed by atoms with Crippen LogP contribution in [0.5, 0.6) is 0 Å².